The molecular formula is C10H22N2. The zero-order chi connectivity index (χ0) is 8.97. The molecule has 0 spiro atoms. The van der Waals surface area contributed by atoms with Gasteiger partial charge in [-0.2, -0.15) is 0 Å². The zero-order valence-electron chi connectivity index (χ0n) is 8.71. The highest BCUT2D eigenvalue weighted by molar-refractivity contribution is 4.86. The first kappa shape index (κ1) is 10.0. The van der Waals surface area contributed by atoms with Gasteiger partial charge in [0.25, 0.3) is 0 Å². The summed E-state index contributed by atoms with van der Waals surface area (Å²) in [5, 5.41) is 0. The van der Waals surface area contributed by atoms with Crippen LogP contribution in [0, 0.1) is 0 Å². The monoisotopic (exact) mass is 170 g/mol. The molecule has 0 N–H and O–H groups in total. The Morgan fingerprint density at radius 3 is 2.33 bits per heavy atom. The third-order valence-electron chi connectivity index (χ3n) is 2.82. The van der Waals surface area contributed by atoms with Gasteiger partial charge in [-0.1, -0.05) is 20.8 Å². The fourth-order valence-corrected chi connectivity index (χ4v) is 1.92. The van der Waals surface area contributed by atoms with Gasteiger partial charge in [-0.15, -0.1) is 0 Å². The molecule has 1 heterocycles. The van der Waals surface area contributed by atoms with Crippen LogP contribution >= 0.6 is 0 Å². The fourth-order valence-electron chi connectivity index (χ4n) is 1.92. The first-order chi connectivity index (χ1) is 5.81. The summed E-state index contributed by atoms with van der Waals surface area (Å²) in [7, 11) is 0. The number of likely N-dealkylation sites (tertiary alicyclic amines) is 1. The Hall–Kier alpha value is -0.0800. The normalized spacial score (nSPS) is 20.0. The number of rotatable bonds is 5. The molecular weight excluding hydrogens is 148 g/mol. The van der Waals surface area contributed by atoms with E-state index < -0.39 is 0 Å². The smallest absolute Gasteiger partial charge is 0.0350 e. The first-order valence-electron chi connectivity index (χ1n) is 5.28. The predicted octanol–water partition coefficient (Wildman–Crippen LogP) is 1.42. The van der Waals surface area contributed by atoms with Gasteiger partial charge in [-0.05, 0) is 26.1 Å². The van der Waals surface area contributed by atoms with Crippen molar-refractivity contribution in [3.05, 3.63) is 0 Å². The maximum absolute atomic E-state index is 2.60. The van der Waals surface area contributed by atoms with Crippen molar-refractivity contribution < 1.29 is 0 Å². The van der Waals surface area contributed by atoms with Crippen LogP contribution in [-0.2, 0) is 0 Å². The molecule has 1 rings (SSSR count). The van der Waals surface area contributed by atoms with E-state index in [1.54, 1.807) is 0 Å². The van der Waals surface area contributed by atoms with Crippen LogP contribution in [-0.4, -0.2) is 48.6 Å². The van der Waals surface area contributed by atoms with Crippen molar-refractivity contribution in [3.8, 4) is 0 Å². The average Bonchev–Trinajstić information content (AvgIpc) is 2.01. The van der Waals surface area contributed by atoms with E-state index in [9.17, 15) is 0 Å². The SMILES string of the molecule is CCCN(CC)C1CN(CC)C1. The molecule has 1 aliphatic heterocycles. The molecule has 0 saturated carbocycles. The summed E-state index contributed by atoms with van der Waals surface area (Å²) in [6.07, 6.45) is 1.29. The van der Waals surface area contributed by atoms with Gasteiger partial charge in [-0.25, -0.2) is 0 Å². The van der Waals surface area contributed by atoms with E-state index >= 15 is 0 Å². The molecule has 72 valence electrons. The quantitative estimate of drug-likeness (QED) is 0.616. The topological polar surface area (TPSA) is 6.48 Å². The molecule has 1 fully saturated rings. The van der Waals surface area contributed by atoms with Crippen LogP contribution in [0.3, 0.4) is 0 Å². The molecule has 1 saturated heterocycles. The Morgan fingerprint density at radius 1 is 1.25 bits per heavy atom. The van der Waals surface area contributed by atoms with Crippen LogP contribution in [0.2, 0.25) is 0 Å². The summed E-state index contributed by atoms with van der Waals surface area (Å²) in [5.41, 5.74) is 0. The van der Waals surface area contributed by atoms with Gasteiger partial charge in [0.05, 0.1) is 0 Å². The van der Waals surface area contributed by atoms with Crippen LogP contribution < -0.4 is 0 Å². The van der Waals surface area contributed by atoms with E-state index in [1.165, 1.54) is 39.1 Å². The summed E-state index contributed by atoms with van der Waals surface area (Å²) in [5.74, 6) is 0. The lowest BCUT2D eigenvalue weighted by molar-refractivity contribution is 0.0409. The van der Waals surface area contributed by atoms with Crippen LogP contribution in [0.1, 0.15) is 27.2 Å². The molecule has 0 bridgehead atoms. The minimum absolute atomic E-state index is 0.856. The van der Waals surface area contributed by atoms with Gasteiger partial charge >= 0.3 is 0 Å². The molecule has 0 aromatic carbocycles. The second-order valence-electron chi connectivity index (χ2n) is 3.63. The summed E-state index contributed by atoms with van der Waals surface area (Å²) in [6.45, 7) is 13.1. The van der Waals surface area contributed by atoms with E-state index in [-0.39, 0.29) is 0 Å². The molecule has 0 unspecified atom stereocenters. The predicted molar refractivity (Wildman–Crippen MR) is 53.4 cm³/mol. The number of hydrogen-bond acceptors (Lipinski definition) is 2. The summed E-state index contributed by atoms with van der Waals surface area (Å²) in [4.78, 5) is 5.11. The van der Waals surface area contributed by atoms with E-state index in [0.29, 0.717) is 0 Å². The Labute approximate surface area is 76.5 Å². The largest absolute Gasteiger partial charge is 0.300 e. The molecule has 12 heavy (non-hydrogen) atoms. The van der Waals surface area contributed by atoms with Crippen molar-refractivity contribution in [2.24, 2.45) is 0 Å². The molecule has 0 aliphatic carbocycles. The Morgan fingerprint density at radius 2 is 1.92 bits per heavy atom. The fraction of sp³-hybridized carbons (Fsp3) is 1.00. The van der Waals surface area contributed by atoms with Crippen molar-refractivity contribution >= 4 is 0 Å². The van der Waals surface area contributed by atoms with E-state index in [1.807, 2.05) is 0 Å². The van der Waals surface area contributed by atoms with Gasteiger partial charge in [-0.3, -0.25) is 4.90 Å². The third-order valence-corrected chi connectivity index (χ3v) is 2.82. The van der Waals surface area contributed by atoms with E-state index in [0.717, 1.165) is 6.04 Å². The van der Waals surface area contributed by atoms with Crippen LogP contribution in [0.25, 0.3) is 0 Å². The number of nitrogens with zero attached hydrogens (tertiary/aromatic N) is 2. The van der Waals surface area contributed by atoms with Gasteiger partial charge < -0.3 is 4.90 Å². The van der Waals surface area contributed by atoms with Gasteiger partial charge in [0.15, 0.2) is 0 Å². The Balaban J connectivity index is 2.19. The lowest BCUT2D eigenvalue weighted by Crippen LogP contribution is -2.59. The van der Waals surface area contributed by atoms with Crippen molar-refractivity contribution in [2.45, 2.75) is 33.2 Å². The van der Waals surface area contributed by atoms with Gasteiger partial charge in [0.1, 0.15) is 0 Å². The second-order valence-corrected chi connectivity index (χ2v) is 3.63. The highest BCUT2D eigenvalue weighted by atomic mass is 15.3. The maximum atomic E-state index is 2.60. The van der Waals surface area contributed by atoms with Crippen molar-refractivity contribution in [2.75, 3.05) is 32.7 Å². The second kappa shape index (κ2) is 4.83. The molecule has 1 aliphatic rings. The zero-order valence-corrected chi connectivity index (χ0v) is 8.71. The van der Waals surface area contributed by atoms with E-state index in [4.69, 9.17) is 0 Å². The van der Waals surface area contributed by atoms with Crippen molar-refractivity contribution in [1.29, 1.82) is 0 Å². The van der Waals surface area contributed by atoms with Crippen molar-refractivity contribution in [3.63, 3.8) is 0 Å². The van der Waals surface area contributed by atoms with Crippen LogP contribution in [0.5, 0.6) is 0 Å². The van der Waals surface area contributed by atoms with E-state index in [2.05, 4.69) is 30.6 Å². The highest BCUT2D eigenvalue weighted by Crippen LogP contribution is 2.13. The summed E-state index contributed by atoms with van der Waals surface area (Å²) < 4.78 is 0. The van der Waals surface area contributed by atoms with Gasteiger partial charge in [0, 0.05) is 19.1 Å². The molecule has 0 amide bonds. The first-order valence-corrected chi connectivity index (χ1v) is 5.28. The molecule has 0 radical (unpaired) electrons. The van der Waals surface area contributed by atoms with Crippen molar-refractivity contribution in [1.82, 2.24) is 9.80 Å². The minimum Gasteiger partial charge on any atom is -0.300 e. The standard InChI is InChI=1S/C10H22N2/c1-4-7-12(6-3)10-8-11(5-2)9-10/h10H,4-9H2,1-3H3. The molecule has 0 aromatic rings. The minimum atomic E-state index is 0.856. The van der Waals surface area contributed by atoms with Crippen LogP contribution in [0.15, 0.2) is 0 Å². The number of hydrogen-bond donors (Lipinski definition) is 0. The Kier molecular flexibility index (Phi) is 4.02. The maximum Gasteiger partial charge on any atom is 0.0350 e. The summed E-state index contributed by atoms with van der Waals surface area (Å²) >= 11 is 0. The molecule has 0 aromatic heterocycles. The highest BCUT2D eigenvalue weighted by Gasteiger charge is 2.28. The van der Waals surface area contributed by atoms with Gasteiger partial charge in [0.2, 0.25) is 0 Å². The average molecular weight is 170 g/mol. The number of likely N-dealkylation sites (N-methyl/N-ethyl adjacent to an activating group) is 2. The molecule has 0 atom stereocenters. The third kappa shape index (κ3) is 2.20. The molecule has 2 heteroatoms. The summed E-state index contributed by atoms with van der Waals surface area (Å²) in [6, 6.07) is 0.856. The van der Waals surface area contributed by atoms with Crippen LogP contribution in [0.4, 0.5) is 0 Å². The lowest BCUT2D eigenvalue weighted by Gasteiger charge is -2.44. The Bertz CT molecular complexity index is 119. The lowest BCUT2D eigenvalue weighted by atomic mass is 10.1. The molecule has 2 nitrogen and oxygen atoms in total.